The maximum atomic E-state index is 12.7. The van der Waals surface area contributed by atoms with Gasteiger partial charge in [0.15, 0.2) is 0 Å². The third-order valence-electron chi connectivity index (χ3n) is 4.05. The molecule has 2 aromatic carbocycles. The van der Waals surface area contributed by atoms with E-state index in [9.17, 15) is 4.79 Å². The lowest BCUT2D eigenvalue weighted by Crippen LogP contribution is -2.15. The monoisotopic (exact) mass is 395 g/mol. The van der Waals surface area contributed by atoms with Crippen LogP contribution in [-0.2, 0) is 0 Å². The Bertz CT molecular complexity index is 989. The van der Waals surface area contributed by atoms with Crippen LogP contribution in [0.5, 0.6) is 5.75 Å². The molecule has 0 aliphatic heterocycles. The summed E-state index contributed by atoms with van der Waals surface area (Å²) in [5, 5.41) is 6.82. The number of carbonyl (C=O) groups is 1. The number of rotatable bonds is 6. The summed E-state index contributed by atoms with van der Waals surface area (Å²) >= 11 is 6.17. The van der Waals surface area contributed by atoms with Crippen LogP contribution in [0.2, 0.25) is 5.02 Å². The van der Waals surface area contributed by atoms with Crippen LogP contribution in [-0.4, -0.2) is 17.0 Å². The largest absolute Gasteiger partial charge is 0.489 e. The molecular formula is C22H22ClN3O2. The highest BCUT2D eigenvalue weighted by molar-refractivity contribution is 6.31. The van der Waals surface area contributed by atoms with Crippen molar-refractivity contribution in [1.82, 2.24) is 4.98 Å². The quantitative estimate of drug-likeness (QED) is 0.551. The minimum atomic E-state index is -0.265. The Morgan fingerprint density at radius 2 is 1.82 bits per heavy atom. The molecule has 1 heterocycles. The molecule has 0 bridgehead atoms. The van der Waals surface area contributed by atoms with Crippen LogP contribution in [0.4, 0.5) is 17.1 Å². The number of para-hydroxylation sites is 2. The molecule has 1 amide bonds. The molecule has 6 heteroatoms. The van der Waals surface area contributed by atoms with E-state index in [1.54, 1.807) is 18.3 Å². The molecule has 2 N–H and O–H groups in total. The predicted molar refractivity (Wildman–Crippen MR) is 114 cm³/mol. The predicted octanol–water partition coefficient (Wildman–Crippen LogP) is 5.83. The van der Waals surface area contributed by atoms with Gasteiger partial charge in [-0.05, 0) is 56.7 Å². The van der Waals surface area contributed by atoms with Gasteiger partial charge in [0.2, 0.25) is 0 Å². The molecule has 5 nitrogen and oxygen atoms in total. The summed E-state index contributed by atoms with van der Waals surface area (Å²) in [7, 11) is 0. The van der Waals surface area contributed by atoms with Crippen molar-refractivity contribution in [3.63, 3.8) is 0 Å². The number of benzene rings is 2. The second-order valence-corrected chi connectivity index (χ2v) is 7.02. The minimum Gasteiger partial charge on any atom is -0.489 e. The van der Waals surface area contributed by atoms with Gasteiger partial charge in [-0.2, -0.15) is 0 Å². The van der Waals surface area contributed by atoms with Gasteiger partial charge in [0.1, 0.15) is 5.75 Å². The highest BCUT2D eigenvalue weighted by Crippen LogP contribution is 2.27. The fourth-order valence-corrected chi connectivity index (χ4v) is 2.83. The van der Waals surface area contributed by atoms with Crippen molar-refractivity contribution in [2.45, 2.75) is 26.9 Å². The van der Waals surface area contributed by atoms with E-state index >= 15 is 0 Å². The maximum Gasteiger partial charge on any atom is 0.257 e. The molecule has 0 aliphatic carbocycles. The highest BCUT2D eigenvalue weighted by Gasteiger charge is 2.12. The summed E-state index contributed by atoms with van der Waals surface area (Å²) in [5.74, 6) is 0.362. The lowest BCUT2D eigenvalue weighted by atomic mass is 10.2. The van der Waals surface area contributed by atoms with Gasteiger partial charge in [-0.15, -0.1) is 0 Å². The third-order valence-corrected chi connectivity index (χ3v) is 4.45. The lowest BCUT2D eigenvalue weighted by molar-refractivity contribution is 0.102. The summed E-state index contributed by atoms with van der Waals surface area (Å²) < 4.78 is 5.75. The SMILES string of the molecule is Cc1c(Cl)cccc1Nc1cncc(C(=O)Nc2ccccc2OC(C)C)c1. The maximum absolute atomic E-state index is 12.7. The van der Waals surface area contributed by atoms with Crippen LogP contribution in [0.3, 0.4) is 0 Å². The van der Waals surface area contributed by atoms with Crippen molar-refractivity contribution in [3.05, 3.63) is 77.1 Å². The molecule has 0 atom stereocenters. The van der Waals surface area contributed by atoms with Crippen LogP contribution in [0.15, 0.2) is 60.9 Å². The smallest absolute Gasteiger partial charge is 0.257 e. The normalized spacial score (nSPS) is 10.6. The number of hydrogen-bond acceptors (Lipinski definition) is 4. The number of nitrogens with zero attached hydrogens (tertiary/aromatic N) is 1. The van der Waals surface area contributed by atoms with Gasteiger partial charge in [-0.3, -0.25) is 9.78 Å². The fourth-order valence-electron chi connectivity index (χ4n) is 2.65. The Hall–Kier alpha value is -3.05. The van der Waals surface area contributed by atoms with E-state index in [-0.39, 0.29) is 12.0 Å². The van der Waals surface area contributed by atoms with Crippen molar-refractivity contribution >= 4 is 34.6 Å². The minimum absolute atomic E-state index is 0.00758. The Morgan fingerprint density at radius 1 is 1.07 bits per heavy atom. The number of carbonyl (C=O) groups excluding carboxylic acids is 1. The first kappa shape index (κ1) is 19.7. The molecule has 0 saturated heterocycles. The van der Waals surface area contributed by atoms with Crippen molar-refractivity contribution in [2.24, 2.45) is 0 Å². The molecule has 0 radical (unpaired) electrons. The summed E-state index contributed by atoms with van der Waals surface area (Å²) in [5.41, 5.74) is 3.54. The van der Waals surface area contributed by atoms with Crippen LogP contribution in [0.1, 0.15) is 29.8 Å². The van der Waals surface area contributed by atoms with E-state index in [1.807, 2.05) is 57.2 Å². The van der Waals surface area contributed by atoms with Crippen LogP contribution >= 0.6 is 11.6 Å². The summed E-state index contributed by atoms with van der Waals surface area (Å²) in [4.78, 5) is 16.9. The molecule has 3 aromatic rings. The van der Waals surface area contributed by atoms with Crippen molar-refractivity contribution in [2.75, 3.05) is 10.6 Å². The van der Waals surface area contributed by atoms with Gasteiger partial charge in [0.05, 0.1) is 29.2 Å². The zero-order valence-electron chi connectivity index (χ0n) is 16.0. The van der Waals surface area contributed by atoms with Gasteiger partial charge in [0, 0.05) is 16.9 Å². The van der Waals surface area contributed by atoms with Gasteiger partial charge >= 0.3 is 0 Å². The van der Waals surface area contributed by atoms with E-state index in [1.165, 1.54) is 6.20 Å². The molecule has 144 valence electrons. The Balaban J connectivity index is 1.79. The Labute approximate surface area is 169 Å². The van der Waals surface area contributed by atoms with Gasteiger partial charge in [-0.25, -0.2) is 0 Å². The zero-order chi connectivity index (χ0) is 20.1. The van der Waals surface area contributed by atoms with Crippen molar-refractivity contribution < 1.29 is 9.53 Å². The number of amides is 1. The second kappa shape index (κ2) is 8.76. The summed E-state index contributed by atoms with van der Waals surface area (Å²) in [6, 6.07) is 14.7. The molecule has 0 unspecified atom stereocenters. The number of anilines is 3. The molecule has 0 saturated carbocycles. The number of aromatic nitrogens is 1. The first-order valence-electron chi connectivity index (χ1n) is 8.98. The average Bonchev–Trinajstić information content (AvgIpc) is 2.67. The number of pyridine rings is 1. The number of ether oxygens (including phenoxy) is 1. The molecule has 0 aliphatic rings. The lowest BCUT2D eigenvalue weighted by Gasteiger charge is -2.15. The first-order valence-corrected chi connectivity index (χ1v) is 9.36. The fraction of sp³-hybridized carbons (Fsp3) is 0.182. The van der Waals surface area contributed by atoms with Crippen molar-refractivity contribution in [3.8, 4) is 5.75 Å². The molecule has 3 rings (SSSR count). The van der Waals surface area contributed by atoms with E-state index in [4.69, 9.17) is 16.3 Å². The van der Waals surface area contributed by atoms with Crippen LogP contribution in [0.25, 0.3) is 0 Å². The van der Waals surface area contributed by atoms with Gasteiger partial charge in [-0.1, -0.05) is 29.8 Å². The van der Waals surface area contributed by atoms with Gasteiger partial charge in [0.25, 0.3) is 5.91 Å². The molecular weight excluding hydrogens is 374 g/mol. The topological polar surface area (TPSA) is 63.2 Å². The number of halogens is 1. The average molecular weight is 396 g/mol. The second-order valence-electron chi connectivity index (χ2n) is 6.62. The van der Waals surface area contributed by atoms with E-state index < -0.39 is 0 Å². The Kier molecular flexibility index (Phi) is 6.16. The van der Waals surface area contributed by atoms with Crippen LogP contribution < -0.4 is 15.4 Å². The Morgan fingerprint density at radius 3 is 2.61 bits per heavy atom. The van der Waals surface area contributed by atoms with E-state index in [0.29, 0.717) is 27.7 Å². The van der Waals surface area contributed by atoms with E-state index in [0.717, 1.165) is 11.3 Å². The molecule has 0 spiro atoms. The number of hydrogen-bond donors (Lipinski definition) is 2. The number of nitrogens with one attached hydrogen (secondary N) is 2. The van der Waals surface area contributed by atoms with Crippen LogP contribution in [0, 0.1) is 6.92 Å². The molecule has 28 heavy (non-hydrogen) atoms. The van der Waals surface area contributed by atoms with Crippen molar-refractivity contribution in [1.29, 1.82) is 0 Å². The van der Waals surface area contributed by atoms with E-state index in [2.05, 4.69) is 15.6 Å². The highest BCUT2D eigenvalue weighted by atomic mass is 35.5. The summed E-state index contributed by atoms with van der Waals surface area (Å²) in [6.07, 6.45) is 3.19. The van der Waals surface area contributed by atoms with Gasteiger partial charge < -0.3 is 15.4 Å². The standard InChI is InChI=1S/C22H22ClN3O2/c1-14(2)28-21-10-5-4-8-20(21)26-22(27)16-11-17(13-24-12-16)25-19-9-6-7-18(23)15(19)3/h4-14,25H,1-3H3,(H,26,27). The molecule has 0 fully saturated rings. The molecule has 1 aromatic heterocycles. The first-order chi connectivity index (χ1) is 13.4. The summed E-state index contributed by atoms with van der Waals surface area (Å²) in [6.45, 7) is 5.81. The third kappa shape index (κ3) is 4.81. The zero-order valence-corrected chi connectivity index (χ0v) is 16.7.